The molecule has 0 radical (unpaired) electrons. The van der Waals surface area contributed by atoms with Crippen molar-refractivity contribution in [2.45, 2.75) is 277 Å². The molecule has 0 fully saturated rings. The number of esters is 2. The van der Waals surface area contributed by atoms with Gasteiger partial charge in [0.05, 0.1) is 13.2 Å². The van der Waals surface area contributed by atoms with Gasteiger partial charge in [-0.2, -0.15) is 0 Å². The van der Waals surface area contributed by atoms with Crippen molar-refractivity contribution in [3.8, 4) is 0 Å². The predicted octanol–water partition coefficient (Wildman–Crippen LogP) is 19.6. The van der Waals surface area contributed by atoms with Crippen molar-refractivity contribution in [1.82, 2.24) is 0 Å². The van der Waals surface area contributed by atoms with Crippen molar-refractivity contribution < 1.29 is 37.6 Å². The van der Waals surface area contributed by atoms with Crippen LogP contribution in [0.2, 0.25) is 0 Å². The zero-order valence-corrected chi connectivity index (χ0v) is 49.2. The predicted molar refractivity (Wildman–Crippen MR) is 321 cm³/mol. The van der Waals surface area contributed by atoms with E-state index >= 15 is 0 Å². The van der Waals surface area contributed by atoms with Gasteiger partial charge in [0.25, 0.3) is 0 Å². The summed E-state index contributed by atoms with van der Waals surface area (Å²) in [7, 11) is -4.40. The van der Waals surface area contributed by atoms with E-state index in [-0.39, 0.29) is 38.6 Å². The number of carbonyl (C=O) groups is 2. The molecule has 0 aliphatic rings. The van der Waals surface area contributed by atoms with Gasteiger partial charge in [0.1, 0.15) is 6.61 Å². The molecular formula is C65H114NO8P. The Kier molecular flexibility index (Phi) is 57.7. The number of hydrogen-bond donors (Lipinski definition) is 2. The third-order valence-corrected chi connectivity index (χ3v) is 13.9. The van der Waals surface area contributed by atoms with E-state index in [4.69, 9.17) is 24.3 Å². The lowest BCUT2D eigenvalue weighted by Crippen LogP contribution is -2.29. The molecule has 0 aliphatic heterocycles. The lowest BCUT2D eigenvalue weighted by molar-refractivity contribution is -0.161. The first kappa shape index (κ1) is 71.9. The first-order valence-electron chi connectivity index (χ1n) is 30.7. The molecule has 75 heavy (non-hydrogen) atoms. The Morgan fingerprint density at radius 1 is 0.413 bits per heavy atom. The quantitative estimate of drug-likeness (QED) is 0.0264. The van der Waals surface area contributed by atoms with Crippen LogP contribution in [0.3, 0.4) is 0 Å². The van der Waals surface area contributed by atoms with E-state index < -0.39 is 26.5 Å². The van der Waals surface area contributed by atoms with Crippen LogP contribution < -0.4 is 5.73 Å². The van der Waals surface area contributed by atoms with Crippen molar-refractivity contribution in [3.63, 3.8) is 0 Å². The Morgan fingerprint density at radius 3 is 1.11 bits per heavy atom. The zero-order valence-electron chi connectivity index (χ0n) is 48.3. The van der Waals surface area contributed by atoms with Gasteiger partial charge in [-0.25, -0.2) is 4.57 Å². The number of carbonyl (C=O) groups excluding carboxylic acids is 2. The fourth-order valence-electron chi connectivity index (χ4n) is 8.44. The molecule has 10 heteroatoms. The second-order valence-electron chi connectivity index (χ2n) is 20.2. The van der Waals surface area contributed by atoms with E-state index in [2.05, 4.69) is 111 Å². The van der Waals surface area contributed by atoms with Crippen LogP contribution in [0.1, 0.15) is 271 Å². The average molecular weight is 1070 g/mol. The van der Waals surface area contributed by atoms with E-state index in [0.29, 0.717) is 6.42 Å². The van der Waals surface area contributed by atoms with E-state index in [1.807, 2.05) is 0 Å². The highest BCUT2D eigenvalue weighted by Crippen LogP contribution is 2.43. The summed E-state index contributed by atoms with van der Waals surface area (Å²) < 4.78 is 33.1. The first-order chi connectivity index (χ1) is 36.8. The maximum atomic E-state index is 12.7. The lowest BCUT2D eigenvalue weighted by Gasteiger charge is -2.19. The van der Waals surface area contributed by atoms with Gasteiger partial charge in [-0.1, -0.05) is 259 Å². The van der Waals surface area contributed by atoms with E-state index in [0.717, 1.165) is 96.3 Å². The van der Waals surface area contributed by atoms with E-state index in [9.17, 15) is 19.0 Å². The van der Waals surface area contributed by atoms with Gasteiger partial charge >= 0.3 is 19.8 Å². The summed E-state index contributed by atoms with van der Waals surface area (Å²) >= 11 is 0. The minimum atomic E-state index is -4.40. The number of ether oxygens (including phenoxy) is 2. The molecule has 9 nitrogen and oxygen atoms in total. The fraction of sp³-hybridized carbons (Fsp3) is 0.723. The third kappa shape index (κ3) is 60.0. The highest BCUT2D eigenvalue weighted by Gasteiger charge is 2.26. The fourth-order valence-corrected chi connectivity index (χ4v) is 9.20. The molecule has 2 atom stereocenters. The van der Waals surface area contributed by atoms with Crippen LogP contribution in [0.25, 0.3) is 0 Å². The van der Waals surface area contributed by atoms with Crippen molar-refractivity contribution in [1.29, 1.82) is 0 Å². The minimum absolute atomic E-state index is 0.0458. The van der Waals surface area contributed by atoms with Crippen molar-refractivity contribution in [3.05, 3.63) is 97.2 Å². The van der Waals surface area contributed by atoms with Gasteiger partial charge in [-0.3, -0.25) is 18.6 Å². The maximum Gasteiger partial charge on any atom is 0.472 e. The SMILES string of the molecule is CC/C=C\C/C=C\C/C=C\C/C=C\C/C=C\C/C=C\C/C=C\CCCCCCCC(=O)OC(COC(=O)CCCCCCCCCCCCCCCCC/C=C\CCCCCCCCCC)COP(=O)(O)OCCN. The summed E-state index contributed by atoms with van der Waals surface area (Å²) in [6.07, 6.45) is 80.4. The molecule has 0 spiro atoms. The van der Waals surface area contributed by atoms with Crippen molar-refractivity contribution in [2.75, 3.05) is 26.4 Å². The minimum Gasteiger partial charge on any atom is -0.462 e. The number of phosphoric ester groups is 1. The molecule has 0 amide bonds. The Labute approximate surface area is 461 Å². The Bertz CT molecular complexity index is 1550. The first-order valence-corrected chi connectivity index (χ1v) is 32.2. The standard InChI is InChI=1S/C65H114NO8P/c1-3-5-7-9-11-13-15-17-19-21-23-25-27-29-31-33-35-37-39-41-43-45-47-49-51-53-55-57-64(67)71-61-63(62-73-75(69,70)72-60-59-66)74-65(68)58-56-54-52-50-48-46-44-42-40-38-36-34-32-30-28-26-24-22-20-18-16-14-12-10-8-6-4-2/h6,8,12,14,18,20-21,23-24,26,30,32,36,38,42,44,63H,3-5,7,9-11,13,15-17,19,22,25,27-29,31,33-35,37,39-41,43,45-62,66H2,1-2H3,(H,69,70)/b8-6-,14-12-,20-18-,23-21-,26-24-,32-30-,38-36-,44-42-. The smallest absolute Gasteiger partial charge is 0.462 e. The summed E-state index contributed by atoms with van der Waals surface area (Å²) in [4.78, 5) is 35.2. The van der Waals surface area contributed by atoms with Crippen LogP contribution in [0.5, 0.6) is 0 Å². The highest BCUT2D eigenvalue weighted by atomic mass is 31.2. The topological polar surface area (TPSA) is 134 Å². The van der Waals surface area contributed by atoms with E-state index in [1.165, 1.54) is 141 Å². The van der Waals surface area contributed by atoms with Crippen LogP contribution >= 0.6 is 7.82 Å². The van der Waals surface area contributed by atoms with Crippen LogP contribution in [-0.2, 0) is 32.7 Å². The molecular weight excluding hydrogens is 954 g/mol. The number of allylic oxidation sites excluding steroid dienone is 16. The molecule has 0 heterocycles. The number of hydrogen-bond acceptors (Lipinski definition) is 8. The molecule has 0 aromatic heterocycles. The van der Waals surface area contributed by atoms with Gasteiger partial charge in [0.2, 0.25) is 0 Å². The second kappa shape index (κ2) is 60.2. The summed E-state index contributed by atoms with van der Waals surface area (Å²) in [6, 6.07) is 0. The Balaban J connectivity index is 4.01. The zero-order chi connectivity index (χ0) is 54.5. The molecule has 0 aromatic rings. The number of nitrogens with two attached hydrogens (primary N) is 1. The summed E-state index contributed by atoms with van der Waals surface area (Å²) in [6.45, 7) is 3.62. The van der Waals surface area contributed by atoms with Gasteiger partial charge in [-0.05, 0) is 96.3 Å². The summed E-state index contributed by atoms with van der Waals surface area (Å²) in [5.74, 6) is -0.848. The molecule has 432 valence electrons. The largest absolute Gasteiger partial charge is 0.472 e. The van der Waals surface area contributed by atoms with Gasteiger partial charge in [0.15, 0.2) is 6.10 Å². The number of phosphoric acid groups is 1. The highest BCUT2D eigenvalue weighted by molar-refractivity contribution is 7.47. The molecule has 0 aliphatic carbocycles. The molecule has 3 N–H and O–H groups in total. The molecule has 0 saturated heterocycles. The summed E-state index contributed by atoms with van der Waals surface area (Å²) in [5.41, 5.74) is 5.39. The molecule has 0 aromatic carbocycles. The molecule has 0 rings (SSSR count). The van der Waals surface area contributed by atoms with Gasteiger partial charge in [-0.15, -0.1) is 0 Å². The molecule has 0 bridgehead atoms. The number of rotatable bonds is 57. The number of unbranched alkanes of at least 4 members (excludes halogenated alkanes) is 28. The Hall–Kier alpha value is -3.07. The van der Waals surface area contributed by atoms with Crippen LogP contribution in [0.15, 0.2) is 97.2 Å². The van der Waals surface area contributed by atoms with Crippen molar-refractivity contribution >= 4 is 19.8 Å². The van der Waals surface area contributed by atoms with Gasteiger partial charge < -0.3 is 20.1 Å². The second-order valence-corrected chi connectivity index (χ2v) is 21.6. The summed E-state index contributed by atoms with van der Waals surface area (Å²) in [5, 5.41) is 0. The lowest BCUT2D eigenvalue weighted by atomic mass is 10.0. The Morgan fingerprint density at radius 2 is 0.733 bits per heavy atom. The third-order valence-electron chi connectivity index (χ3n) is 13.0. The van der Waals surface area contributed by atoms with Gasteiger partial charge in [0, 0.05) is 19.4 Å². The molecule has 2 unspecified atom stereocenters. The maximum absolute atomic E-state index is 12.7. The normalized spacial score (nSPS) is 13.7. The van der Waals surface area contributed by atoms with E-state index in [1.54, 1.807) is 0 Å². The molecule has 0 saturated carbocycles. The van der Waals surface area contributed by atoms with Crippen LogP contribution in [0, 0.1) is 0 Å². The van der Waals surface area contributed by atoms with Crippen molar-refractivity contribution in [2.24, 2.45) is 5.73 Å². The van der Waals surface area contributed by atoms with Crippen LogP contribution in [-0.4, -0.2) is 49.3 Å². The monoisotopic (exact) mass is 1070 g/mol. The average Bonchev–Trinajstić information content (AvgIpc) is 3.40. The van der Waals surface area contributed by atoms with Crippen LogP contribution in [0.4, 0.5) is 0 Å².